The maximum atomic E-state index is 10.6. The first-order valence-corrected chi connectivity index (χ1v) is 8.94. The fourth-order valence-electron chi connectivity index (χ4n) is 3.25. The van der Waals surface area contributed by atoms with Crippen LogP contribution in [0.15, 0.2) is 30.3 Å². The number of nitrogens with zero attached hydrogens (tertiary/aromatic N) is 2. The number of anilines is 1. The zero-order chi connectivity index (χ0) is 23.9. The number of rotatable bonds is 3. The molecule has 0 unspecified atom stereocenters. The average molecular weight is 460 g/mol. The lowest BCUT2D eigenvalue weighted by molar-refractivity contribution is -0.193. The van der Waals surface area contributed by atoms with Gasteiger partial charge in [-0.1, -0.05) is 18.2 Å². The third-order valence-electron chi connectivity index (χ3n) is 4.58. The van der Waals surface area contributed by atoms with Crippen LogP contribution >= 0.6 is 0 Å². The molecule has 3 rings (SSSR count). The summed E-state index contributed by atoms with van der Waals surface area (Å²) < 4.78 is 63.5. The van der Waals surface area contributed by atoms with Gasteiger partial charge in [0, 0.05) is 43.8 Å². The Morgan fingerprint density at radius 3 is 1.74 bits per heavy atom. The fraction of sp³-hybridized carbons (Fsp3) is 0.556. The van der Waals surface area contributed by atoms with E-state index in [1.165, 1.54) is 25.2 Å². The molecule has 2 saturated heterocycles. The lowest BCUT2D eigenvalue weighted by atomic mass is 9.79. The molecule has 13 heteroatoms. The summed E-state index contributed by atoms with van der Waals surface area (Å²) in [7, 11) is 0. The van der Waals surface area contributed by atoms with Crippen molar-refractivity contribution in [3.8, 4) is 0 Å². The summed E-state index contributed by atoms with van der Waals surface area (Å²) in [6.45, 7) is 5.81. The summed E-state index contributed by atoms with van der Waals surface area (Å²) in [6.07, 6.45) is -8.87. The second-order valence-electron chi connectivity index (χ2n) is 7.05. The van der Waals surface area contributed by atoms with Gasteiger partial charge in [-0.15, -0.1) is 0 Å². The maximum Gasteiger partial charge on any atom is 0.490 e. The second kappa shape index (κ2) is 10.7. The van der Waals surface area contributed by atoms with Gasteiger partial charge in [-0.3, -0.25) is 4.90 Å². The molecule has 31 heavy (non-hydrogen) atoms. The van der Waals surface area contributed by atoms with E-state index in [0.29, 0.717) is 12.0 Å². The first-order valence-electron chi connectivity index (χ1n) is 8.94. The number of aliphatic hydroxyl groups is 1. The highest BCUT2D eigenvalue weighted by Gasteiger charge is 2.47. The van der Waals surface area contributed by atoms with Crippen LogP contribution in [0.3, 0.4) is 0 Å². The van der Waals surface area contributed by atoms with Crippen LogP contribution in [0.5, 0.6) is 0 Å². The maximum absolute atomic E-state index is 10.6. The third kappa shape index (κ3) is 8.61. The molecular formula is C18H22F6N2O5. The van der Waals surface area contributed by atoms with Gasteiger partial charge in [0.15, 0.2) is 0 Å². The number of likely N-dealkylation sites (tertiary alicyclic amines) is 1. The third-order valence-corrected chi connectivity index (χ3v) is 4.58. The minimum Gasteiger partial charge on any atom is -0.475 e. The summed E-state index contributed by atoms with van der Waals surface area (Å²) in [5.41, 5.74) is 1.86. The van der Waals surface area contributed by atoms with Crippen molar-refractivity contribution >= 4 is 17.6 Å². The van der Waals surface area contributed by atoms with Crippen LogP contribution in [0, 0.1) is 5.41 Å². The van der Waals surface area contributed by atoms with Gasteiger partial charge < -0.3 is 20.2 Å². The predicted octanol–water partition coefficient (Wildman–Crippen LogP) is 2.46. The second-order valence-corrected chi connectivity index (χ2v) is 7.05. The van der Waals surface area contributed by atoms with Crippen LogP contribution in [0.4, 0.5) is 32.0 Å². The Morgan fingerprint density at radius 2 is 1.35 bits per heavy atom. The number of carboxylic acids is 2. The summed E-state index contributed by atoms with van der Waals surface area (Å²) in [6, 6.07) is 10.7. The number of halogens is 6. The standard InChI is InChI=1S/C14H20N2O.2C2HF3O2/c17-9-8-15-10-14(11-15)6-7-16(12-14)13-4-2-1-3-5-13;2*3-2(4,5)1(6)7/h1-5,17H,6-12H2;2*(H,6,7). The fourth-order valence-corrected chi connectivity index (χ4v) is 3.25. The van der Waals surface area contributed by atoms with Gasteiger partial charge in [0.05, 0.1) is 6.61 Å². The number of hydrogen-bond acceptors (Lipinski definition) is 5. The van der Waals surface area contributed by atoms with Gasteiger partial charge in [-0.25, -0.2) is 9.59 Å². The number of hydrogen-bond donors (Lipinski definition) is 3. The molecule has 2 aliphatic rings. The van der Waals surface area contributed by atoms with E-state index < -0.39 is 24.3 Å². The molecule has 0 bridgehead atoms. The Labute approximate surface area is 173 Å². The number of carboxylic acid groups (broad SMARTS) is 2. The van der Waals surface area contributed by atoms with Gasteiger partial charge in [0.2, 0.25) is 0 Å². The Hall–Kier alpha value is -2.54. The van der Waals surface area contributed by atoms with Crippen molar-refractivity contribution < 1.29 is 51.3 Å². The lowest BCUT2D eigenvalue weighted by Crippen LogP contribution is -2.58. The van der Waals surface area contributed by atoms with Crippen molar-refractivity contribution in [1.82, 2.24) is 4.90 Å². The van der Waals surface area contributed by atoms with E-state index in [2.05, 4.69) is 40.1 Å². The highest BCUT2D eigenvalue weighted by Crippen LogP contribution is 2.40. The first kappa shape index (κ1) is 26.5. The number of para-hydroxylation sites is 1. The molecule has 0 aromatic heterocycles. The Bertz CT molecular complexity index is 696. The number of β-amino-alcohol motifs (C(OH)–C–C–N with tert-alkyl or cyclic N) is 1. The molecule has 0 aliphatic carbocycles. The largest absolute Gasteiger partial charge is 0.490 e. The lowest BCUT2D eigenvalue weighted by Gasteiger charge is -2.48. The molecular weight excluding hydrogens is 438 g/mol. The van der Waals surface area contributed by atoms with E-state index >= 15 is 0 Å². The number of aliphatic carboxylic acids is 2. The van der Waals surface area contributed by atoms with E-state index in [0.717, 1.165) is 19.6 Å². The predicted molar refractivity (Wildman–Crippen MR) is 96.6 cm³/mol. The SMILES string of the molecule is O=C(O)C(F)(F)F.O=C(O)C(F)(F)F.OCCN1CC2(CCN(c3ccccc3)C2)C1. The zero-order valence-corrected chi connectivity index (χ0v) is 16.2. The van der Waals surface area contributed by atoms with Crippen molar-refractivity contribution in [3.63, 3.8) is 0 Å². The summed E-state index contributed by atoms with van der Waals surface area (Å²) >= 11 is 0. The number of aliphatic hydroxyl groups excluding tert-OH is 1. The molecule has 2 heterocycles. The topological polar surface area (TPSA) is 101 Å². The van der Waals surface area contributed by atoms with Gasteiger partial charge in [0.25, 0.3) is 0 Å². The summed E-state index contributed by atoms with van der Waals surface area (Å²) in [5, 5.41) is 23.2. The molecule has 3 N–H and O–H groups in total. The van der Waals surface area contributed by atoms with Gasteiger partial charge in [-0.2, -0.15) is 26.3 Å². The van der Waals surface area contributed by atoms with Crippen LogP contribution in [0.2, 0.25) is 0 Å². The molecule has 176 valence electrons. The molecule has 0 amide bonds. The van der Waals surface area contributed by atoms with Gasteiger partial charge >= 0.3 is 24.3 Å². The number of carbonyl (C=O) groups is 2. The Kier molecular flexibility index (Phi) is 9.11. The number of alkyl halides is 6. The Balaban J connectivity index is 0.000000288. The van der Waals surface area contributed by atoms with Crippen molar-refractivity contribution in [2.75, 3.05) is 44.2 Å². The van der Waals surface area contributed by atoms with Crippen LogP contribution in [0.25, 0.3) is 0 Å². The van der Waals surface area contributed by atoms with Crippen molar-refractivity contribution in [1.29, 1.82) is 0 Å². The van der Waals surface area contributed by atoms with Gasteiger partial charge in [0.1, 0.15) is 0 Å². The quantitative estimate of drug-likeness (QED) is 0.596. The van der Waals surface area contributed by atoms with Crippen LogP contribution in [-0.2, 0) is 9.59 Å². The molecule has 2 fully saturated rings. The van der Waals surface area contributed by atoms with E-state index in [4.69, 9.17) is 24.9 Å². The van der Waals surface area contributed by atoms with Crippen LogP contribution < -0.4 is 4.90 Å². The summed E-state index contributed by atoms with van der Waals surface area (Å²) in [5.74, 6) is -5.51. The van der Waals surface area contributed by atoms with Crippen LogP contribution in [-0.4, -0.2) is 83.8 Å². The smallest absolute Gasteiger partial charge is 0.475 e. The number of benzene rings is 1. The average Bonchev–Trinajstić information content (AvgIpc) is 3.07. The van der Waals surface area contributed by atoms with E-state index in [1.807, 2.05) is 0 Å². The molecule has 0 atom stereocenters. The zero-order valence-electron chi connectivity index (χ0n) is 16.2. The highest BCUT2D eigenvalue weighted by atomic mass is 19.4. The minimum atomic E-state index is -5.08. The summed E-state index contributed by atoms with van der Waals surface area (Å²) in [4.78, 5) is 22.6. The monoisotopic (exact) mass is 460 g/mol. The molecule has 1 aromatic rings. The molecule has 2 aliphatic heterocycles. The molecule has 0 saturated carbocycles. The molecule has 1 spiro atoms. The van der Waals surface area contributed by atoms with E-state index in [-0.39, 0.29) is 0 Å². The Morgan fingerprint density at radius 1 is 0.903 bits per heavy atom. The molecule has 7 nitrogen and oxygen atoms in total. The van der Waals surface area contributed by atoms with Crippen molar-refractivity contribution in [2.45, 2.75) is 18.8 Å². The van der Waals surface area contributed by atoms with E-state index in [1.54, 1.807) is 0 Å². The normalized spacial score (nSPS) is 17.7. The van der Waals surface area contributed by atoms with Crippen molar-refractivity contribution in [2.24, 2.45) is 5.41 Å². The minimum absolute atomic E-state index is 0.290. The highest BCUT2D eigenvalue weighted by molar-refractivity contribution is 5.73. The first-order chi connectivity index (χ1) is 14.2. The van der Waals surface area contributed by atoms with Crippen LogP contribution in [0.1, 0.15) is 6.42 Å². The van der Waals surface area contributed by atoms with Gasteiger partial charge in [-0.05, 0) is 18.6 Å². The van der Waals surface area contributed by atoms with Crippen molar-refractivity contribution in [3.05, 3.63) is 30.3 Å². The molecule has 1 aromatic carbocycles. The molecule has 0 radical (unpaired) electrons. The van der Waals surface area contributed by atoms with E-state index in [9.17, 15) is 26.3 Å².